The van der Waals surface area contributed by atoms with Crippen LogP contribution in [0.15, 0.2) is 23.8 Å². The molecule has 0 atom stereocenters. The Hall–Kier alpha value is -2.10. The third-order valence-corrected chi connectivity index (χ3v) is 3.90. The third-order valence-electron chi connectivity index (χ3n) is 3.90. The molecule has 0 saturated carbocycles. The van der Waals surface area contributed by atoms with E-state index in [1.807, 2.05) is 39.0 Å². The minimum absolute atomic E-state index is 0.0294. The minimum atomic E-state index is -0.920. The Bertz CT molecular complexity index is 614. The van der Waals surface area contributed by atoms with E-state index in [1.54, 1.807) is 18.0 Å². The largest absolute Gasteiger partial charge is 0.478 e. The SMILES string of the molecule is CC/C(=C\c1cccc2c1N(C)C(=O)C2(C)C)C(=O)O. The van der Waals surface area contributed by atoms with Gasteiger partial charge in [-0.1, -0.05) is 25.1 Å². The number of fused-ring (bicyclic) bond motifs is 1. The quantitative estimate of drug-likeness (QED) is 0.861. The van der Waals surface area contributed by atoms with Crippen molar-refractivity contribution < 1.29 is 14.7 Å². The van der Waals surface area contributed by atoms with E-state index in [0.29, 0.717) is 12.0 Å². The molecule has 0 radical (unpaired) electrons. The van der Waals surface area contributed by atoms with Crippen molar-refractivity contribution in [3.05, 3.63) is 34.9 Å². The number of carboxylic acid groups (broad SMARTS) is 1. The molecular weight excluding hydrogens is 254 g/mol. The topological polar surface area (TPSA) is 57.6 Å². The molecule has 1 heterocycles. The lowest BCUT2D eigenvalue weighted by molar-refractivity contribution is -0.132. The van der Waals surface area contributed by atoms with Gasteiger partial charge in [-0.05, 0) is 37.5 Å². The van der Waals surface area contributed by atoms with Gasteiger partial charge in [0.25, 0.3) is 0 Å². The molecule has 0 bridgehead atoms. The highest BCUT2D eigenvalue weighted by atomic mass is 16.4. The van der Waals surface area contributed by atoms with Crippen molar-refractivity contribution >= 4 is 23.6 Å². The van der Waals surface area contributed by atoms with Crippen molar-refractivity contribution in [1.29, 1.82) is 0 Å². The van der Waals surface area contributed by atoms with Crippen LogP contribution in [0.2, 0.25) is 0 Å². The first kappa shape index (κ1) is 14.3. The summed E-state index contributed by atoms with van der Waals surface area (Å²) in [6.07, 6.45) is 2.10. The number of rotatable bonds is 3. The van der Waals surface area contributed by atoms with E-state index in [4.69, 9.17) is 5.11 Å². The number of aliphatic carboxylic acids is 1. The molecule has 2 rings (SSSR count). The Morgan fingerprint density at radius 2 is 2.05 bits per heavy atom. The first-order valence-electron chi connectivity index (χ1n) is 6.66. The molecular formula is C16H19NO3. The zero-order valence-electron chi connectivity index (χ0n) is 12.2. The van der Waals surface area contributed by atoms with E-state index in [2.05, 4.69) is 0 Å². The zero-order chi connectivity index (χ0) is 15.1. The number of benzene rings is 1. The second kappa shape index (κ2) is 4.78. The van der Waals surface area contributed by atoms with E-state index >= 15 is 0 Å². The van der Waals surface area contributed by atoms with Gasteiger partial charge in [0.2, 0.25) is 5.91 Å². The van der Waals surface area contributed by atoms with Crippen LogP contribution in [0.4, 0.5) is 5.69 Å². The number of para-hydroxylation sites is 1. The maximum atomic E-state index is 12.3. The minimum Gasteiger partial charge on any atom is -0.478 e. The number of carboxylic acids is 1. The number of amides is 1. The maximum Gasteiger partial charge on any atom is 0.331 e. The molecule has 1 N–H and O–H groups in total. The van der Waals surface area contributed by atoms with Gasteiger partial charge in [0.05, 0.1) is 11.1 Å². The molecule has 0 aromatic heterocycles. The third kappa shape index (κ3) is 2.01. The van der Waals surface area contributed by atoms with Crippen molar-refractivity contribution in [2.75, 3.05) is 11.9 Å². The van der Waals surface area contributed by atoms with Gasteiger partial charge >= 0.3 is 5.97 Å². The number of carbonyl (C=O) groups is 2. The Kier molecular flexibility index (Phi) is 3.42. The van der Waals surface area contributed by atoms with Gasteiger partial charge in [0.15, 0.2) is 0 Å². The number of nitrogens with zero attached hydrogens (tertiary/aromatic N) is 1. The molecule has 4 heteroatoms. The van der Waals surface area contributed by atoms with Crippen molar-refractivity contribution in [2.24, 2.45) is 0 Å². The van der Waals surface area contributed by atoms with E-state index in [0.717, 1.165) is 16.8 Å². The van der Waals surface area contributed by atoms with Crippen LogP contribution in [0.25, 0.3) is 6.08 Å². The van der Waals surface area contributed by atoms with Crippen molar-refractivity contribution in [3.8, 4) is 0 Å². The predicted octanol–water partition coefficient (Wildman–Crippen LogP) is 2.82. The normalized spacial score (nSPS) is 17.3. The molecule has 0 spiro atoms. The number of likely N-dealkylation sites (N-methyl/N-ethyl adjacent to an activating group) is 1. The van der Waals surface area contributed by atoms with Gasteiger partial charge in [-0.25, -0.2) is 4.79 Å². The van der Waals surface area contributed by atoms with Crippen LogP contribution in [-0.4, -0.2) is 24.0 Å². The highest BCUT2D eigenvalue weighted by Crippen LogP contribution is 2.43. The average Bonchev–Trinajstić information content (AvgIpc) is 2.58. The summed E-state index contributed by atoms with van der Waals surface area (Å²) in [6, 6.07) is 5.65. The molecule has 0 aliphatic carbocycles. The number of hydrogen-bond donors (Lipinski definition) is 1. The van der Waals surface area contributed by atoms with E-state index in [1.165, 1.54) is 0 Å². The number of hydrogen-bond acceptors (Lipinski definition) is 2. The summed E-state index contributed by atoms with van der Waals surface area (Å²) in [6.45, 7) is 5.59. The molecule has 0 fully saturated rings. The fourth-order valence-electron chi connectivity index (χ4n) is 2.70. The number of carbonyl (C=O) groups excluding carboxylic acids is 1. The summed E-state index contributed by atoms with van der Waals surface area (Å²) < 4.78 is 0. The average molecular weight is 273 g/mol. The summed E-state index contributed by atoms with van der Waals surface area (Å²) in [7, 11) is 1.74. The van der Waals surface area contributed by atoms with E-state index in [9.17, 15) is 9.59 Å². The predicted molar refractivity (Wildman–Crippen MR) is 78.8 cm³/mol. The zero-order valence-corrected chi connectivity index (χ0v) is 12.2. The number of anilines is 1. The van der Waals surface area contributed by atoms with Crippen LogP contribution in [0, 0.1) is 0 Å². The van der Waals surface area contributed by atoms with Gasteiger partial charge in [0, 0.05) is 12.6 Å². The second-order valence-electron chi connectivity index (χ2n) is 5.56. The van der Waals surface area contributed by atoms with Gasteiger partial charge < -0.3 is 10.0 Å². The van der Waals surface area contributed by atoms with Gasteiger partial charge in [-0.15, -0.1) is 0 Å². The van der Waals surface area contributed by atoms with Crippen molar-refractivity contribution in [3.63, 3.8) is 0 Å². The molecule has 106 valence electrons. The molecule has 1 amide bonds. The standard InChI is InChI=1S/C16H19NO3/c1-5-10(14(18)19)9-11-7-6-8-12-13(11)17(4)15(20)16(12,2)3/h6-9H,5H2,1-4H3,(H,18,19)/b10-9+. The molecule has 1 aromatic carbocycles. The van der Waals surface area contributed by atoms with E-state index < -0.39 is 11.4 Å². The Morgan fingerprint density at radius 3 is 2.60 bits per heavy atom. The molecule has 1 aliphatic rings. The Balaban J connectivity index is 2.64. The molecule has 1 aliphatic heterocycles. The molecule has 1 aromatic rings. The summed E-state index contributed by atoms with van der Waals surface area (Å²) in [5.41, 5.74) is 2.31. The highest BCUT2D eigenvalue weighted by molar-refractivity contribution is 6.09. The van der Waals surface area contributed by atoms with Gasteiger partial charge in [-0.2, -0.15) is 0 Å². The molecule has 0 saturated heterocycles. The fraction of sp³-hybridized carbons (Fsp3) is 0.375. The summed E-state index contributed by atoms with van der Waals surface area (Å²) in [5.74, 6) is -0.891. The summed E-state index contributed by atoms with van der Waals surface area (Å²) in [5, 5.41) is 9.15. The lowest BCUT2D eigenvalue weighted by Crippen LogP contribution is -2.33. The van der Waals surface area contributed by atoms with Crippen LogP contribution in [0.3, 0.4) is 0 Å². The summed E-state index contributed by atoms with van der Waals surface area (Å²) in [4.78, 5) is 25.1. The van der Waals surface area contributed by atoms with Crippen molar-refractivity contribution in [1.82, 2.24) is 0 Å². The van der Waals surface area contributed by atoms with E-state index in [-0.39, 0.29) is 5.91 Å². The lowest BCUT2D eigenvalue weighted by Gasteiger charge is -2.16. The maximum absolute atomic E-state index is 12.3. The summed E-state index contributed by atoms with van der Waals surface area (Å²) >= 11 is 0. The first-order valence-corrected chi connectivity index (χ1v) is 6.66. The van der Waals surface area contributed by atoms with Crippen LogP contribution < -0.4 is 4.90 Å². The molecule has 20 heavy (non-hydrogen) atoms. The molecule has 0 unspecified atom stereocenters. The van der Waals surface area contributed by atoms with Gasteiger partial charge in [-0.3, -0.25) is 4.79 Å². The Labute approximate surface area is 118 Å². The monoisotopic (exact) mass is 273 g/mol. The smallest absolute Gasteiger partial charge is 0.331 e. The lowest BCUT2D eigenvalue weighted by atomic mass is 9.85. The van der Waals surface area contributed by atoms with Crippen LogP contribution in [0.5, 0.6) is 0 Å². The first-order chi connectivity index (χ1) is 9.30. The second-order valence-corrected chi connectivity index (χ2v) is 5.56. The van der Waals surface area contributed by atoms with Crippen LogP contribution in [-0.2, 0) is 15.0 Å². The molecule has 4 nitrogen and oxygen atoms in total. The van der Waals surface area contributed by atoms with Crippen LogP contribution in [0.1, 0.15) is 38.3 Å². The highest BCUT2D eigenvalue weighted by Gasteiger charge is 2.42. The van der Waals surface area contributed by atoms with Crippen molar-refractivity contribution in [2.45, 2.75) is 32.6 Å². The van der Waals surface area contributed by atoms with Gasteiger partial charge in [0.1, 0.15) is 0 Å². The fourth-order valence-corrected chi connectivity index (χ4v) is 2.70. The van der Waals surface area contributed by atoms with Crippen LogP contribution >= 0.6 is 0 Å². The Morgan fingerprint density at radius 1 is 1.40 bits per heavy atom.